The summed E-state index contributed by atoms with van der Waals surface area (Å²) >= 11 is 0. The second kappa shape index (κ2) is 3.21. The van der Waals surface area contributed by atoms with Gasteiger partial charge in [-0.15, -0.1) is 0 Å². The fraction of sp³-hybridized carbons (Fsp3) is 0.562. The van der Waals surface area contributed by atoms with E-state index in [0.29, 0.717) is 5.92 Å². The number of aliphatic hydroxyl groups is 1. The zero-order valence-corrected chi connectivity index (χ0v) is 10.9. The summed E-state index contributed by atoms with van der Waals surface area (Å²) in [4.78, 5) is 12.1. The van der Waals surface area contributed by atoms with Gasteiger partial charge < -0.3 is 10.8 Å². The number of amides is 1. The number of primary amides is 1. The van der Waals surface area contributed by atoms with Crippen LogP contribution in [0, 0.1) is 16.7 Å². The minimum atomic E-state index is -0.456. The Balaban J connectivity index is 1.88. The quantitative estimate of drug-likeness (QED) is 0.863. The lowest BCUT2D eigenvalue weighted by molar-refractivity contribution is -0.134. The fourth-order valence-corrected chi connectivity index (χ4v) is 5.69. The molecule has 1 aromatic rings. The summed E-state index contributed by atoms with van der Waals surface area (Å²) in [6.45, 7) is 0.0982. The number of benzene rings is 1. The first-order chi connectivity index (χ1) is 9.09. The predicted molar refractivity (Wildman–Crippen MR) is 71.2 cm³/mol. The molecule has 1 aromatic carbocycles. The molecule has 0 saturated heterocycles. The molecule has 5 rings (SSSR count). The Bertz CT molecular complexity index is 557. The maximum Gasteiger partial charge on any atom is 0.224 e. The highest BCUT2D eigenvalue weighted by molar-refractivity contribution is 5.84. The molecule has 4 saturated carbocycles. The number of aliphatic hydroxyl groups excluding tert-OH is 1. The molecule has 3 nitrogen and oxygen atoms in total. The average Bonchev–Trinajstić information content (AvgIpc) is 3.09. The molecule has 3 N–H and O–H groups in total. The van der Waals surface area contributed by atoms with Crippen molar-refractivity contribution in [1.29, 1.82) is 0 Å². The van der Waals surface area contributed by atoms with Crippen LogP contribution in [0.25, 0.3) is 0 Å². The van der Waals surface area contributed by atoms with Gasteiger partial charge in [0.25, 0.3) is 0 Å². The molecule has 100 valence electrons. The van der Waals surface area contributed by atoms with E-state index in [-0.39, 0.29) is 23.3 Å². The number of rotatable bonds is 3. The van der Waals surface area contributed by atoms with E-state index >= 15 is 0 Å². The van der Waals surface area contributed by atoms with Crippen LogP contribution < -0.4 is 5.73 Å². The van der Waals surface area contributed by atoms with Crippen LogP contribution >= 0.6 is 0 Å². The van der Waals surface area contributed by atoms with Crippen molar-refractivity contribution in [3.05, 3.63) is 35.9 Å². The zero-order chi connectivity index (χ0) is 13.3. The van der Waals surface area contributed by atoms with E-state index in [1.807, 2.05) is 6.07 Å². The third kappa shape index (κ3) is 1.04. The summed E-state index contributed by atoms with van der Waals surface area (Å²) in [5, 5.41) is 9.91. The van der Waals surface area contributed by atoms with Gasteiger partial charge in [0.2, 0.25) is 5.91 Å². The summed E-state index contributed by atoms with van der Waals surface area (Å²) in [7, 11) is 0. The number of carbonyl (C=O) groups is 1. The van der Waals surface area contributed by atoms with Crippen molar-refractivity contribution in [2.75, 3.05) is 6.61 Å². The van der Waals surface area contributed by atoms with Gasteiger partial charge in [-0.2, -0.15) is 0 Å². The van der Waals surface area contributed by atoms with Crippen LogP contribution in [-0.2, 0) is 10.2 Å². The van der Waals surface area contributed by atoms with E-state index in [4.69, 9.17) is 5.73 Å². The zero-order valence-electron chi connectivity index (χ0n) is 10.9. The van der Waals surface area contributed by atoms with E-state index in [2.05, 4.69) is 24.3 Å². The molecule has 0 aliphatic heterocycles. The first kappa shape index (κ1) is 11.5. The second-order valence-corrected chi connectivity index (χ2v) is 6.87. The molecule has 0 radical (unpaired) electrons. The van der Waals surface area contributed by atoms with Crippen LogP contribution in [0.3, 0.4) is 0 Å². The maximum absolute atomic E-state index is 12.1. The lowest BCUT2D eigenvalue weighted by atomic mass is 9.68. The molecule has 4 atom stereocenters. The molecule has 4 bridgehead atoms. The van der Waals surface area contributed by atoms with Crippen molar-refractivity contribution in [2.45, 2.75) is 31.1 Å². The predicted octanol–water partition coefficient (Wildman–Crippen LogP) is 1.59. The third-order valence-electron chi connectivity index (χ3n) is 6.42. The van der Waals surface area contributed by atoms with Gasteiger partial charge in [-0.05, 0) is 42.6 Å². The summed E-state index contributed by atoms with van der Waals surface area (Å²) in [6, 6.07) is 10.5. The standard InChI is InChI=1S/C16H19NO2/c17-13(19)16-7-12-6-14(16,10-18)8-15(12,9-16)11-4-2-1-3-5-11/h1-5,12,18H,6-10H2,(H2,17,19). The lowest BCUT2D eigenvalue weighted by Gasteiger charge is -2.36. The molecule has 1 amide bonds. The van der Waals surface area contributed by atoms with Gasteiger partial charge in [0, 0.05) is 12.0 Å². The summed E-state index contributed by atoms with van der Waals surface area (Å²) in [6.07, 6.45) is 3.60. The van der Waals surface area contributed by atoms with Crippen molar-refractivity contribution in [3.8, 4) is 0 Å². The summed E-state index contributed by atoms with van der Waals surface area (Å²) in [5.74, 6) is 0.314. The Morgan fingerprint density at radius 2 is 2.00 bits per heavy atom. The molecule has 0 heterocycles. The highest BCUT2D eigenvalue weighted by Crippen LogP contribution is 2.81. The smallest absolute Gasteiger partial charge is 0.224 e. The van der Waals surface area contributed by atoms with Crippen molar-refractivity contribution in [3.63, 3.8) is 0 Å². The van der Waals surface area contributed by atoms with Crippen LogP contribution in [0.4, 0.5) is 0 Å². The van der Waals surface area contributed by atoms with E-state index in [1.54, 1.807) is 0 Å². The Morgan fingerprint density at radius 3 is 2.58 bits per heavy atom. The lowest BCUT2D eigenvalue weighted by Crippen LogP contribution is -2.45. The molecule has 4 aliphatic carbocycles. The Morgan fingerprint density at radius 1 is 1.26 bits per heavy atom. The monoisotopic (exact) mass is 257 g/mol. The van der Waals surface area contributed by atoms with E-state index in [1.165, 1.54) is 5.56 Å². The van der Waals surface area contributed by atoms with Crippen molar-refractivity contribution >= 4 is 5.91 Å². The highest BCUT2D eigenvalue weighted by Gasteiger charge is 2.79. The van der Waals surface area contributed by atoms with Gasteiger partial charge in [0.15, 0.2) is 0 Å². The van der Waals surface area contributed by atoms with Gasteiger partial charge in [-0.1, -0.05) is 30.3 Å². The van der Waals surface area contributed by atoms with Gasteiger partial charge >= 0.3 is 0 Å². The summed E-state index contributed by atoms with van der Waals surface area (Å²) in [5.41, 5.74) is 6.44. The van der Waals surface area contributed by atoms with Crippen molar-refractivity contribution in [2.24, 2.45) is 22.5 Å². The van der Waals surface area contributed by atoms with Crippen LogP contribution in [0.15, 0.2) is 30.3 Å². The first-order valence-corrected chi connectivity index (χ1v) is 7.05. The number of hydrogen-bond donors (Lipinski definition) is 2. The minimum Gasteiger partial charge on any atom is -0.396 e. The maximum atomic E-state index is 12.1. The van der Waals surface area contributed by atoms with E-state index in [0.717, 1.165) is 25.7 Å². The first-order valence-electron chi connectivity index (χ1n) is 7.05. The molecule has 0 aromatic heterocycles. The van der Waals surface area contributed by atoms with Crippen LogP contribution in [0.2, 0.25) is 0 Å². The summed E-state index contributed by atoms with van der Waals surface area (Å²) < 4.78 is 0. The third-order valence-corrected chi connectivity index (χ3v) is 6.42. The normalized spacial score (nSPS) is 46.1. The van der Waals surface area contributed by atoms with Crippen molar-refractivity contribution < 1.29 is 9.90 Å². The van der Waals surface area contributed by atoms with Crippen molar-refractivity contribution in [1.82, 2.24) is 0 Å². The van der Waals surface area contributed by atoms with Crippen LogP contribution in [0.5, 0.6) is 0 Å². The number of nitrogens with two attached hydrogens (primary N) is 1. The Labute approximate surface area is 112 Å². The molecule has 4 aliphatic rings. The Hall–Kier alpha value is -1.35. The van der Waals surface area contributed by atoms with E-state index in [9.17, 15) is 9.90 Å². The Kier molecular flexibility index (Phi) is 1.94. The molecule has 4 unspecified atom stereocenters. The molecule has 19 heavy (non-hydrogen) atoms. The van der Waals surface area contributed by atoms with E-state index < -0.39 is 5.41 Å². The molecule has 4 fully saturated rings. The molecule has 0 spiro atoms. The van der Waals surface area contributed by atoms with Gasteiger partial charge in [-0.25, -0.2) is 0 Å². The SMILES string of the molecule is NC(=O)C12CC3CC1(CO)CC3(c1ccccc1)C2. The molecule has 3 heteroatoms. The van der Waals surface area contributed by atoms with Crippen LogP contribution in [0.1, 0.15) is 31.2 Å². The minimum absolute atomic E-state index is 0.0824. The molecular weight excluding hydrogens is 238 g/mol. The second-order valence-electron chi connectivity index (χ2n) is 6.87. The highest BCUT2D eigenvalue weighted by atomic mass is 16.3. The largest absolute Gasteiger partial charge is 0.396 e. The van der Waals surface area contributed by atoms with Gasteiger partial charge in [0.05, 0.1) is 5.41 Å². The van der Waals surface area contributed by atoms with Gasteiger partial charge in [0.1, 0.15) is 0 Å². The van der Waals surface area contributed by atoms with Crippen LogP contribution in [-0.4, -0.2) is 17.6 Å². The number of hydrogen-bond acceptors (Lipinski definition) is 2. The molecular formula is C16H19NO2. The van der Waals surface area contributed by atoms with Gasteiger partial charge in [-0.3, -0.25) is 4.79 Å². The topological polar surface area (TPSA) is 63.3 Å². The fourth-order valence-electron chi connectivity index (χ4n) is 5.69. The number of carbonyl (C=O) groups excluding carboxylic acids is 1. The average molecular weight is 257 g/mol.